The third-order valence-corrected chi connectivity index (χ3v) is 5.30. The lowest BCUT2D eigenvalue weighted by Gasteiger charge is -2.40. The van der Waals surface area contributed by atoms with Gasteiger partial charge >= 0.3 is 5.97 Å². The molecule has 2 fully saturated rings. The Hall–Kier alpha value is -1.91. The fourth-order valence-electron chi connectivity index (χ4n) is 4.43. The third kappa shape index (κ3) is 2.28. The molecule has 2 aliphatic rings. The minimum Gasteiger partial charge on any atom is -0.478 e. The molecule has 0 radical (unpaired) electrons. The van der Waals surface area contributed by atoms with Gasteiger partial charge in [-0.2, -0.15) is 0 Å². The fraction of sp³-hybridized carbons (Fsp3) is 0.588. The summed E-state index contributed by atoms with van der Waals surface area (Å²) >= 11 is 0. The molecule has 1 amide bonds. The molecule has 1 saturated carbocycles. The quantitative estimate of drug-likeness (QED) is 0.912. The predicted molar refractivity (Wildman–Crippen MR) is 81.8 cm³/mol. The molecule has 2 unspecified atom stereocenters. The molecular weight excluding hydrogens is 280 g/mol. The van der Waals surface area contributed by atoms with Crippen LogP contribution in [-0.4, -0.2) is 39.5 Å². The largest absolute Gasteiger partial charge is 0.478 e. The minimum absolute atomic E-state index is 0.0170. The fourth-order valence-corrected chi connectivity index (χ4v) is 4.43. The van der Waals surface area contributed by atoms with Crippen molar-refractivity contribution < 1.29 is 14.7 Å². The van der Waals surface area contributed by atoms with Crippen molar-refractivity contribution >= 4 is 11.9 Å². The first-order chi connectivity index (χ1) is 10.2. The van der Waals surface area contributed by atoms with Gasteiger partial charge in [-0.1, -0.05) is 20.8 Å². The predicted octanol–water partition coefficient (Wildman–Crippen LogP) is 2.82. The van der Waals surface area contributed by atoms with Crippen LogP contribution in [0.25, 0.3) is 0 Å². The van der Waals surface area contributed by atoms with Gasteiger partial charge in [-0.3, -0.25) is 9.78 Å². The lowest BCUT2D eigenvalue weighted by atomic mass is 9.81. The first kappa shape index (κ1) is 15.0. The molecule has 0 aromatic carbocycles. The van der Waals surface area contributed by atoms with Gasteiger partial charge in [-0.05, 0) is 42.2 Å². The summed E-state index contributed by atoms with van der Waals surface area (Å²) in [4.78, 5) is 30.1. The molecule has 2 heterocycles. The summed E-state index contributed by atoms with van der Waals surface area (Å²) in [6.45, 7) is 7.37. The van der Waals surface area contributed by atoms with Crippen molar-refractivity contribution in [3.63, 3.8) is 0 Å². The number of rotatable bonds is 2. The van der Waals surface area contributed by atoms with Gasteiger partial charge in [0.2, 0.25) is 0 Å². The molecule has 1 aliphatic heterocycles. The number of carbonyl (C=O) groups excluding carboxylic acids is 1. The van der Waals surface area contributed by atoms with Crippen molar-refractivity contribution in [2.45, 2.75) is 46.1 Å². The van der Waals surface area contributed by atoms with Crippen molar-refractivity contribution in [3.05, 3.63) is 29.6 Å². The summed E-state index contributed by atoms with van der Waals surface area (Å²) in [5.74, 6) is -1.36. The van der Waals surface area contributed by atoms with Crippen LogP contribution in [0.5, 0.6) is 0 Å². The van der Waals surface area contributed by atoms with Crippen molar-refractivity contribution in [3.8, 4) is 0 Å². The van der Waals surface area contributed by atoms with E-state index in [2.05, 4.69) is 25.8 Å². The van der Waals surface area contributed by atoms with Crippen molar-refractivity contribution in [1.29, 1.82) is 0 Å². The van der Waals surface area contributed by atoms with Gasteiger partial charge in [0.25, 0.3) is 5.91 Å². The highest BCUT2D eigenvalue weighted by molar-refractivity contribution is 6.03. The minimum atomic E-state index is -1.11. The van der Waals surface area contributed by atoms with E-state index in [0.717, 1.165) is 19.3 Å². The van der Waals surface area contributed by atoms with E-state index >= 15 is 0 Å². The summed E-state index contributed by atoms with van der Waals surface area (Å²) in [6.07, 6.45) is 4.53. The average molecular weight is 302 g/mol. The highest BCUT2D eigenvalue weighted by Gasteiger charge is 2.53. The number of likely N-dealkylation sites (tertiary alicyclic amines) is 1. The first-order valence-electron chi connectivity index (χ1n) is 7.73. The van der Waals surface area contributed by atoms with Crippen LogP contribution in [0.15, 0.2) is 18.3 Å². The van der Waals surface area contributed by atoms with Crippen LogP contribution in [0.3, 0.4) is 0 Å². The Kier molecular flexibility index (Phi) is 3.27. The van der Waals surface area contributed by atoms with Gasteiger partial charge in [0.15, 0.2) is 0 Å². The number of aromatic carboxylic acids is 1. The van der Waals surface area contributed by atoms with E-state index in [0.29, 0.717) is 12.0 Å². The van der Waals surface area contributed by atoms with Crippen LogP contribution >= 0.6 is 0 Å². The molecule has 5 heteroatoms. The van der Waals surface area contributed by atoms with E-state index in [1.165, 1.54) is 12.3 Å². The standard InChI is InChI=1S/C17H22N2O3/c1-16(2)10-17(3)6-8-19(12(16)9-17)14(20)13-11(15(21)22)5-4-7-18-13/h4-5,7,12H,6,8-10H2,1-3H3,(H,21,22). The average Bonchev–Trinajstić information content (AvgIpc) is 2.64. The number of carboxylic acid groups (broad SMARTS) is 1. The van der Waals surface area contributed by atoms with E-state index < -0.39 is 5.97 Å². The molecule has 1 saturated heterocycles. The van der Waals surface area contributed by atoms with Crippen molar-refractivity contribution in [2.75, 3.05) is 6.54 Å². The second-order valence-corrected chi connectivity index (χ2v) is 7.65. The molecule has 3 rings (SSSR count). The topological polar surface area (TPSA) is 70.5 Å². The van der Waals surface area contributed by atoms with E-state index in [-0.39, 0.29) is 28.6 Å². The summed E-state index contributed by atoms with van der Waals surface area (Å²) in [5, 5.41) is 9.28. The first-order valence-corrected chi connectivity index (χ1v) is 7.73. The SMILES string of the molecule is CC12CCN(C(=O)c3ncccc3C(=O)O)C(C1)C(C)(C)C2. The second kappa shape index (κ2) is 4.80. The van der Waals surface area contributed by atoms with Crippen LogP contribution in [0.2, 0.25) is 0 Å². The number of nitrogens with zero attached hydrogens (tertiary/aromatic N) is 2. The maximum Gasteiger partial charge on any atom is 0.338 e. The molecule has 1 N–H and O–H groups in total. The van der Waals surface area contributed by atoms with Crippen LogP contribution in [0, 0.1) is 10.8 Å². The van der Waals surface area contributed by atoms with Crippen LogP contribution in [0.4, 0.5) is 0 Å². The van der Waals surface area contributed by atoms with Gasteiger partial charge < -0.3 is 10.0 Å². The van der Waals surface area contributed by atoms with Crippen LogP contribution in [0.1, 0.15) is 60.9 Å². The number of pyridine rings is 1. The highest BCUT2D eigenvalue weighted by atomic mass is 16.4. The summed E-state index contributed by atoms with van der Waals surface area (Å²) in [6, 6.07) is 3.14. The number of fused-ring (bicyclic) bond motifs is 2. The molecule has 5 nitrogen and oxygen atoms in total. The summed E-state index contributed by atoms with van der Waals surface area (Å²) in [5.41, 5.74) is 0.391. The number of amides is 1. The normalized spacial score (nSPS) is 29.4. The molecule has 2 bridgehead atoms. The van der Waals surface area contributed by atoms with Gasteiger partial charge in [0.1, 0.15) is 5.69 Å². The van der Waals surface area contributed by atoms with Gasteiger partial charge in [0, 0.05) is 18.8 Å². The third-order valence-electron chi connectivity index (χ3n) is 5.30. The molecule has 118 valence electrons. The summed E-state index contributed by atoms with van der Waals surface area (Å²) in [7, 11) is 0. The van der Waals surface area contributed by atoms with E-state index in [1.54, 1.807) is 6.07 Å². The maximum absolute atomic E-state index is 12.9. The molecule has 1 aromatic rings. The number of carboxylic acids is 1. The number of hydrogen-bond acceptors (Lipinski definition) is 3. The number of hydrogen-bond donors (Lipinski definition) is 1. The number of piperidine rings is 1. The van der Waals surface area contributed by atoms with Gasteiger partial charge in [-0.25, -0.2) is 4.79 Å². The molecule has 1 aromatic heterocycles. The monoisotopic (exact) mass is 302 g/mol. The van der Waals surface area contributed by atoms with E-state index in [1.807, 2.05) is 4.90 Å². The molecule has 1 aliphatic carbocycles. The van der Waals surface area contributed by atoms with Gasteiger partial charge in [-0.15, -0.1) is 0 Å². The smallest absolute Gasteiger partial charge is 0.338 e. The Morgan fingerprint density at radius 2 is 2.09 bits per heavy atom. The van der Waals surface area contributed by atoms with Crippen LogP contribution in [-0.2, 0) is 0 Å². The Bertz CT molecular complexity index is 641. The Morgan fingerprint density at radius 1 is 1.36 bits per heavy atom. The van der Waals surface area contributed by atoms with Crippen molar-refractivity contribution in [1.82, 2.24) is 9.88 Å². The zero-order valence-corrected chi connectivity index (χ0v) is 13.3. The Morgan fingerprint density at radius 3 is 2.77 bits per heavy atom. The molecule has 22 heavy (non-hydrogen) atoms. The number of aromatic nitrogens is 1. The zero-order chi connectivity index (χ0) is 16.1. The number of carbonyl (C=O) groups is 2. The zero-order valence-electron chi connectivity index (χ0n) is 13.3. The van der Waals surface area contributed by atoms with Gasteiger partial charge in [0.05, 0.1) is 5.56 Å². The molecule has 2 atom stereocenters. The lowest BCUT2D eigenvalue weighted by Crippen LogP contribution is -2.49. The van der Waals surface area contributed by atoms with Crippen molar-refractivity contribution in [2.24, 2.45) is 10.8 Å². The van der Waals surface area contributed by atoms with E-state index in [9.17, 15) is 14.7 Å². The Balaban J connectivity index is 1.95. The molecule has 0 spiro atoms. The van der Waals surface area contributed by atoms with E-state index in [4.69, 9.17) is 0 Å². The second-order valence-electron chi connectivity index (χ2n) is 7.65. The molecular formula is C17H22N2O3. The summed E-state index contributed by atoms with van der Waals surface area (Å²) < 4.78 is 0. The highest BCUT2D eigenvalue weighted by Crippen LogP contribution is 2.55. The lowest BCUT2D eigenvalue weighted by molar-refractivity contribution is 0.0461. The maximum atomic E-state index is 12.9. The van der Waals surface area contributed by atoms with Crippen LogP contribution < -0.4 is 0 Å². The Labute approximate surface area is 130 Å².